The van der Waals surface area contributed by atoms with Gasteiger partial charge in [-0.05, 0) is 44.9 Å². The van der Waals surface area contributed by atoms with Gasteiger partial charge in [-0.3, -0.25) is 0 Å². The third-order valence-electron chi connectivity index (χ3n) is 4.63. The van der Waals surface area contributed by atoms with E-state index in [1.54, 1.807) is 0 Å². The number of ether oxygens (including phenoxy) is 1. The second kappa shape index (κ2) is 4.30. The van der Waals surface area contributed by atoms with Crippen LogP contribution in [0.2, 0.25) is 0 Å². The highest BCUT2D eigenvalue weighted by atomic mass is 16.5. The van der Waals surface area contributed by atoms with Crippen molar-refractivity contribution in [2.45, 2.75) is 77.5 Å². The van der Waals surface area contributed by atoms with Gasteiger partial charge in [0.15, 0.2) is 0 Å². The minimum atomic E-state index is 0.139. The van der Waals surface area contributed by atoms with Gasteiger partial charge in [0, 0.05) is 12.6 Å². The van der Waals surface area contributed by atoms with Gasteiger partial charge in [-0.25, -0.2) is 0 Å². The van der Waals surface area contributed by atoms with Gasteiger partial charge in [-0.15, -0.1) is 0 Å². The Morgan fingerprint density at radius 3 is 2.50 bits per heavy atom. The number of morpholine rings is 1. The molecule has 2 aliphatic rings. The highest BCUT2D eigenvalue weighted by Crippen LogP contribution is 2.41. The Morgan fingerprint density at radius 2 is 1.81 bits per heavy atom. The van der Waals surface area contributed by atoms with Crippen molar-refractivity contribution in [3.8, 4) is 0 Å². The molecular formula is C14H27NO. The minimum Gasteiger partial charge on any atom is -0.369 e. The van der Waals surface area contributed by atoms with Crippen molar-refractivity contribution >= 4 is 0 Å². The Labute approximate surface area is 100 Å². The molecule has 0 aromatic heterocycles. The normalized spacial score (nSPS) is 44.2. The van der Waals surface area contributed by atoms with Crippen molar-refractivity contribution in [2.24, 2.45) is 5.41 Å². The Kier molecular flexibility index (Phi) is 3.33. The molecule has 1 spiro atoms. The van der Waals surface area contributed by atoms with Crippen molar-refractivity contribution in [3.05, 3.63) is 0 Å². The molecule has 0 amide bonds. The second-order valence-corrected chi connectivity index (χ2v) is 6.69. The quantitative estimate of drug-likeness (QED) is 0.684. The fraction of sp³-hybridized carbons (Fsp3) is 1.00. The average Bonchev–Trinajstić information content (AvgIpc) is 2.34. The molecule has 0 radical (unpaired) electrons. The minimum absolute atomic E-state index is 0.139. The second-order valence-electron chi connectivity index (χ2n) is 6.69. The highest BCUT2D eigenvalue weighted by molar-refractivity contribution is 4.94. The van der Waals surface area contributed by atoms with Crippen molar-refractivity contribution in [1.82, 2.24) is 5.32 Å². The number of rotatable bonds is 0. The van der Waals surface area contributed by atoms with Crippen molar-refractivity contribution in [3.63, 3.8) is 0 Å². The molecular weight excluding hydrogens is 198 g/mol. The van der Waals surface area contributed by atoms with Crippen LogP contribution in [0.3, 0.4) is 0 Å². The van der Waals surface area contributed by atoms with E-state index in [0.29, 0.717) is 17.6 Å². The van der Waals surface area contributed by atoms with Crippen LogP contribution in [0.25, 0.3) is 0 Å². The first-order valence-electron chi connectivity index (χ1n) is 6.84. The van der Waals surface area contributed by atoms with Crippen LogP contribution in [0, 0.1) is 5.41 Å². The van der Waals surface area contributed by atoms with Crippen molar-refractivity contribution < 1.29 is 4.74 Å². The predicted octanol–water partition coefficient (Wildman–Crippen LogP) is 3.11. The van der Waals surface area contributed by atoms with Gasteiger partial charge in [-0.1, -0.05) is 20.3 Å². The molecule has 0 aromatic rings. The van der Waals surface area contributed by atoms with Crippen LogP contribution in [0.15, 0.2) is 0 Å². The van der Waals surface area contributed by atoms with E-state index in [9.17, 15) is 0 Å². The summed E-state index contributed by atoms with van der Waals surface area (Å²) >= 11 is 0. The van der Waals surface area contributed by atoms with Gasteiger partial charge in [0.1, 0.15) is 0 Å². The monoisotopic (exact) mass is 225 g/mol. The summed E-state index contributed by atoms with van der Waals surface area (Å²) in [7, 11) is 0. The van der Waals surface area contributed by atoms with E-state index in [-0.39, 0.29) is 5.60 Å². The standard InChI is InChI=1S/C14H27NO/c1-11-12(2)16-14(10-15-11)7-5-6-13(3,4)8-9-14/h11-12,15H,5-10H2,1-4H3. The van der Waals surface area contributed by atoms with Gasteiger partial charge in [0.2, 0.25) is 0 Å². The SMILES string of the molecule is CC1NCC2(CCCC(C)(C)CC2)OC1C. The molecule has 1 aliphatic heterocycles. The summed E-state index contributed by atoms with van der Waals surface area (Å²) in [4.78, 5) is 0. The Hall–Kier alpha value is -0.0800. The molecule has 1 N–H and O–H groups in total. The number of hydrogen-bond donors (Lipinski definition) is 1. The molecule has 1 heterocycles. The van der Waals surface area contributed by atoms with Gasteiger partial charge >= 0.3 is 0 Å². The molecule has 94 valence electrons. The molecule has 1 aliphatic carbocycles. The molecule has 2 rings (SSSR count). The summed E-state index contributed by atoms with van der Waals surface area (Å²) in [5.41, 5.74) is 0.652. The topological polar surface area (TPSA) is 21.3 Å². The molecule has 1 saturated carbocycles. The average molecular weight is 225 g/mol. The van der Waals surface area contributed by atoms with Gasteiger partial charge < -0.3 is 10.1 Å². The van der Waals surface area contributed by atoms with E-state index in [2.05, 4.69) is 33.0 Å². The lowest BCUT2D eigenvalue weighted by molar-refractivity contribution is -0.133. The van der Waals surface area contributed by atoms with Gasteiger partial charge in [-0.2, -0.15) is 0 Å². The molecule has 2 heteroatoms. The molecule has 0 bridgehead atoms. The van der Waals surface area contributed by atoms with Gasteiger partial charge in [0.05, 0.1) is 11.7 Å². The molecule has 1 saturated heterocycles. The third-order valence-corrected chi connectivity index (χ3v) is 4.63. The van der Waals surface area contributed by atoms with Crippen LogP contribution in [0.1, 0.15) is 59.8 Å². The maximum atomic E-state index is 6.34. The zero-order valence-corrected chi connectivity index (χ0v) is 11.3. The first kappa shape index (κ1) is 12.4. The molecule has 0 aromatic carbocycles. The van der Waals surface area contributed by atoms with Gasteiger partial charge in [0.25, 0.3) is 0 Å². The van der Waals surface area contributed by atoms with Crippen LogP contribution in [0.4, 0.5) is 0 Å². The molecule has 16 heavy (non-hydrogen) atoms. The molecule has 3 atom stereocenters. The summed E-state index contributed by atoms with van der Waals surface area (Å²) in [5.74, 6) is 0. The fourth-order valence-electron chi connectivity index (χ4n) is 3.05. The van der Waals surface area contributed by atoms with Crippen molar-refractivity contribution in [2.75, 3.05) is 6.54 Å². The zero-order chi connectivity index (χ0) is 11.8. The summed E-state index contributed by atoms with van der Waals surface area (Å²) in [5, 5.41) is 3.62. The van der Waals surface area contributed by atoms with Crippen LogP contribution in [-0.2, 0) is 4.74 Å². The van der Waals surface area contributed by atoms with Crippen LogP contribution >= 0.6 is 0 Å². The summed E-state index contributed by atoms with van der Waals surface area (Å²) < 4.78 is 6.34. The fourth-order valence-corrected chi connectivity index (χ4v) is 3.05. The smallest absolute Gasteiger partial charge is 0.0811 e. The predicted molar refractivity (Wildman–Crippen MR) is 67.6 cm³/mol. The largest absolute Gasteiger partial charge is 0.369 e. The van der Waals surface area contributed by atoms with E-state index >= 15 is 0 Å². The summed E-state index contributed by atoms with van der Waals surface area (Å²) in [6.45, 7) is 10.3. The number of nitrogens with one attached hydrogen (secondary N) is 1. The van der Waals surface area contributed by atoms with E-state index in [1.807, 2.05) is 0 Å². The van der Waals surface area contributed by atoms with E-state index < -0.39 is 0 Å². The Balaban J connectivity index is 2.03. The van der Waals surface area contributed by atoms with E-state index in [4.69, 9.17) is 4.74 Å². The molecule has 2 nitrogen and oxygen atoms in total. The first-order chi connectivity index (χ1) is 7.43. The third kappa shape index (κ3) is 2.60. The zero-order valence-electron chi connectivity index (χ0n) is 11.3. The Bertz CT molecular complexity index is 251. The lowest BCUT2D eigenvalue weighted by atomic mass is 9.84. The summed E-state index contributed by atoms with van der Waals surface area (Å²) in [6, 6.07) is 0.502. The highest BCUT2D eigenvalue weighted by Gasteiger charge is 2.41. The van der Waals surface area contributed by atoms with Crippen LogP contribution in [0.5, 0.6) is 0 Å². The summed E-state index contributed by atoms with van der Waals surface area (Å²) in [6.07, 6.45) is 6.79. The molecule has 2 fully saturated rings. The lowest BCUT2D eigenvalue weighted by Gasteiger charge is -2.43. The maximum Gasteiger partial charge on any atom is 0.0811 e. The molecule has 3 unspecified atom stereocenters. The first-order valence-corrected chi connectivity index (χ1v) is 6.84. The van der Waals surface area contributed by atoms with Crippen LogP contribution < -0.4 is 5.32 Å². The van der Waals surface area contributed by atoms with Crippen LogP contribution in [-0.4, -0.2) is 24.3 Å². The van der Waals surface area contributed by atoms with E-state index in [0.717, 1.165) is 6.54 Å². The van der Waals surface area contributed by atoms with Crippen molar-refractivity contribution in [1.29, 1.82) is 0 Å². The lowest BCUT2D eigenvalue weighted by Crippen LogP contribution is -2.57. The van der Waals surface area contributed by atoms with E-state index in [1.165, 1.54) is 32.1 Å². The Morgan fingerprint density at radius 1 is 1.06 bits per heavy atom. The number of hydrogen-bond acceptors (Lipinski definition) is 2. The maximum absolute atomic E-state index is 6.34.